The van der Waals surface area contributed by atoms with Crippen LogP contribution in [-0.2, 0) is 25.7 Å². The maximum atomic E-state index is 2.55. The fraction of sp³-hybridized carbons (Fsp3) is 0.0690. The van der Waals surface area contributed by atoms with Crippen molar-refractivity contribution in [2.45, 2.75) is 25.7 Å². The van der Waals surface area contributed by atoms with E-state index >= 15 is 0 Å². The van der Waals surface area contributed by atoms with E-state index in [1.54, 1.807) is 0 Å². The van der Waals surface area contributed by atoms with E-state index < -0.39 is 0 Å². The minimum absolute atomic E-state index is 0.854. The summed E-state index contributed by atoms with van der Waals surface area (Å²) in [5, 5.41) is 0. The van der Waals surface area contributed by atoms with Gasteiger partial charge in [0.2, 0.25) is 0 Å². The fourth-order valence-corrected chi connectivity index (χ4v) is 9.24. The number of hydrogen-bond acceptors (Lipinski definition) is 3. The molecule has 0 spiro atoms. The van der Waals surface area contributed by atoms with E-state index in [0.29, 0.717) is 0 Å². The average Bonchev–Trinajstić information content (AvgIpc) is 3.31. The second kappa shape index (κ2) is 15.9. The zero-order valence-corrected chi connectivity index (χ0v) is 34.0. The normalized spacial score (nSPS) is 12.4. The molecule has 2 aliphatic rings. The SMILES string of the molecule is c1ccc(Cc2ccc(N3c4ccc(Cc5ccccc5)cc4N4c5cc(Cc6ccccc6)ccc5N(c5ccc(Cc6ccccc6)cc5)c5cccc3c54)cc2)cc1. The number of nitrogens with zero attached hydrogens (tertiary/aromatic N) is 3. The number of anilines is 9. The van der Waals surface area contributed by atoms with Crippen LogP contribution in [0, 0.1) is 0 Å². The van der Waals surface area contributed by atoms with E-state index in [-0.39, 0.29) is 0 Å². The molecule has 3 heteroatoms. The molecule has 0 amide bonds. The van der Waals surface area contributed by atoms with Gasteiger partial charge in [-0.3, -0.25) is 0 Å². The third kappa shape index (κ3) is 7.15. The van der Waals surface area contributed by atoms with Gasteiger partial charge in [0.15, 0.2) is 0 Å². The van der Waals surface area contributed by atoms with Crippen LogP contribution in [0.25, 0.3) is 0 Å². The first-order valence-corrected chi connectivity index (χ1v) is 21.3. The van der Waals surface area contributed by atoms with Gasteiger partial charge in [0.1, 0.15) is 0 Å². The van der Waals surface area contributed by atoms with E-state index in [9.17, 15) is 0 Å². The van der Waals surface area contributed by atoms with Crippen LogP contribution in [0.15, 0.2) is 224 Å². The molecule has 0 saturated carbocycles. The van der Waals surface area contributed by atoms with Gasteiger partial charge in [-0.25, -0.2) is 0 Å². The quantitative estimate of drug-likeness (QED) is 0.137. The molecule has 11 rings (SSSR count). The molecule has 9 aromatic carbocycles. The Kier molecular flexibility index (Phi) is 9.48. The van der Waals surface area contributed by atoms with Crippen LogP contribution in [0.1, 0.15) is 44.5 Å². The van der Waals surface area contributed by atoms with Gasteiger partial charge in [0.05, 0.1) is 39.8 Å². The zero-order valence-electron chi connectivity index (χ0n) is 34.0. The molecule has 0 fully saturated rings. The molecule has 3 nitrogen and oxygen atoms in total. The first-order chi connectivity index (χ1) is 30.2. The van der Waals surface area contributed by atoms with E-state index in [1.807, 2.05) is 0 Å². The second-order valence-corrected chi connectivity index (χ2v) is 16.3. The summed E-state index contributed by atoms with van der Waals surface area (Å²) in [6.45, 7) is 0. The minimum atomic E-state index is 0.854. The van der Waals surface area contributed by atoms with Gasteiger partial charge in [0.25, 0.3) is 0 Å². The molecule has 0 unspecified atom stereocenters. The van der Waals surface area contributed by atoms with Gasteiger partial charge >= 0.3 is 0 Å². The predicted octanol–water partition coefficient (Wildman–Crippen LogP) is 15.1. The number of hydrogen-bond donors (Lipinski definition) is 0. The van der Waals surface area contributed by atoms with E-state index in [4.69, 9.17) is 0 Å². The van der Waals surface area contributed by atoms with Gasteiger partial charge in [-0.05, 0) is 131 Å². The summed E-state index contributed by atoms with van der Waals surface area (Å²) in [6.07, 6.45) is 3.51. The van der Waals surface area contributed by atoms with Gasteiger partial charge in [-0.2, -0.15) is 0 Å². The number of rotatable bonds is 10. The monoisotopic (exact) mass is 783 g/mol. The van der Waals surface area contributed by atoms with Gasteiger partial charge in [-0.1, -0.05) is 164 Å². The number of fused-ring (bicyclic) bond motifs is 4. The Balaban J connectivity index is 1.08. The van der Waals surface area contributed by atoms with Crippen LogP contribution in [0.2, 0.25) is 0 Å². The van der Waals surface area contributed by atoms with Crippen LogP contribution < -0.4 is 14.7 Å². The first-order valence-electron chi connectivity index (χ1n) is 21.3. The number of para-hydroxylation sites is 1. The topological polar surface area (TPSA) is 9.72 Å². The Labute approximate surface area is 359 Å². The second-order valence-electron chi connectivity index (χ2n) is 16.3. The van der Waals surface area contributed by atoms with Crippen molar-refractivity contribution in [3.63, 3.8) is 0 Å². The highest BCUT2D eigenvalue weighted by Gasteiger charge is 2.39. The van der Waals surface area contributed by atoms with Gasteiger partial charge < -0.3 is 14.7 Å². The maximum Gasteiger partial charge on any atom is 0.0947 e. The lowest BCUT2D eigenvalue weighted by Gasteiger charge is -2.47. The summed E-state index contributed by atoms with van der Waals surface area (Å²) >= 11 is 0. The summed E-state index contributed by atoms with van der Waals surface area (Å²) in [5.74, 6) is 0. The molecular weight excluding hydrogens is 739 g/mol. The Morgan fingerprint density at radius 3 is 0.885 bits per heavy atom. The Morgan fingerprint density at radius 2 is 0.525 bits per heavy atom. The lowest BCUT2D eigenvalue weighted by Crippen LogP contribution is -2.30. The summed E-state index contributed by atoms with van der Waals surface area (Å²) < 4.78 is 0. The summed E-state index contributed by atoms with van der Waals surface area (Å²) in [5.41, 5.74) is 20.8. The van der Waals surface area contributed by atoms with Crippen molar-refractivity contribution in [2.24, 2.45) is 0 Å². The standard InChI is InChI=1S/C58H45N3/c1-5-14-42(15-6-1)36-46-24-30-50(31-25-46)59-52-34-28-48(38-44-18-9-3-10-19-44)40-56(52)61-57-41-49(39-45-20-11-4-12-21-45)29-35-53(57)60(55-23-13-22-54(59)58(55)61)51-32-26-47(27-33-51)37-43-16-7-2-8-17-43/h1-35,40-41H,36-39H2. The molecule has 0 radical (unpaired) electrons. The molecule has 9 aromatic rings. The van der Waals surface area contributed by atoms with Crippen molar-refractivity contribution in [1.82, 2.24) is 0 Å². The number of benzene rings is 9. The van der Waals surface area contributed by atoms with E-state index in [0.717, 1.165) is 59.8 Å². The first kappa shape index (κ1) is 36.5. The molecule has 2 heterocycles. The van der Waals surface area contributed by atoms with Crippen LogP contribution in [-0.4, -0.2) is 0 Å². The van der Waals surface area contributed by atoms with Crippen molar-refractivity contribution in [1.29, 1.82) is 0 Å². The fourth-order valence-electron chi connectivity index (χ4n) is 9.24. The Bertz CT molecular complexity index is 2740. The van der Waals surface area contributed by atoms with E-state index in [1.165, 1.54) is 61.6 Å². The molecule has 0 atom stereocenters. The smallest absolute Gasteiger partial charge is 0.0947 e. The average molecular weight is 784 g/mol. The van der Waals surface area contributed by atoms with Gasteiger partial charge in [-0.15, -0.1) is 0 Å². The minimum Gasteiger partial charge on any atom is -0.306 e. The lowest BCUT2D eigenvalue weighted by molar-refractivity contribution is 1.09. The van der Waals surface area contributed by atoms with Crippen LogP contribution in [0.4, 0.5) is 51.2 Å². The largest absolute Gasteiger partial charge is 0.306 e. The third-order valence-electron chi connectivity index (χ3n) is 12.1. The highest BCUT2D eigenvalue weighted by molar-refractivity contribution is 6.12. The van der Waals surface area contributed by atoms with Crippen molar-refractivity contribution < 1.29 is 0 Å². The summed E-state index contributed by atoms with van der Waals surface area (Å²) in [6, 6.07) is 82.5. The Hall–Kier alpha value is -7.62. The van der Waals surface area contributed by atoms with Crippen molar-refractivity contribution in [2.75, 3.05) is 14.7 Å². The molecule has 292 valence electrons. The molecule has 2 aliphatic heterocycles. The highest BCUT2D eigenvalue weighted by Crippen LogP contribution is 2.63. The molecule has 0 bridgehead atoms. The maximum absolute atomic E-state index is 2.55. The Morgan fingerprint density at radius 1 is 0.213 bits per heavy atom. The van der Waals surface area contributed by atoms with Crippen LogP contribution in [0.5, 0.6) is 0 Å². The van der Waals surface area contributed by atoms with Crippen LogP contribution in [0.3, 0.4) is 0 Å². The molecular formula is C58H45N3. The molecule has 0 aliphatic carbocycles. The van der Waals surface area contributed by atoms with Crippen molar-refractivity contribution in [3.8, 4) is 0 Å². The van der Waals surface area contributed by atoms with Crippen molar-refractivity contribution >= 4 is 51.2 Å². The zero-order chi connectivity index (χ0) is 40.5. The molecule has 0 aromatic heterocycles. The molecule has 61 heavy (non-hydrogen) atoms. The summed E-state index contributed by atoms with van der Waals surface area (Å²) in [4.78, 5) is 7.51. The van der Waals surface area contributed by atoms with Crippen LogP contribution >= 0.6 is 0 Å². The predicted molar refractivity (Wildman–Crippen MR) is 255 cm³/mol. The molecule has 0 saturated heterocycles. The van der Waals surface area contributed by atoms with Crippen molar-refractivity contribution in [3.05, 3.63) is 269 Å². The third-order valence-corrected chi connectivity index (χ3v) is 12.1. The van der Waals surface area contributed by atoms with Gasteiger partial charge in [0, 0.05) is 11.4 Å². The lowest BCUT2D eigenvalue weighted by atomic mass is 9.94. The highest BCUT2D eigenvalue weighted by atomic mass is 15.3. The van der Waals surface area contributed by atoms with E-state index in [2.05, 4.69) is 239 Å². The molecule has 0 N–H and O–H groups in total. The summed E-state index contributed by atoms with van der Waals surface area (Å²) in [7, 11) is 0.